The van der Waals surface area contributed by atoms with E-state index < -0.39 is 0 Å². The Morgan fingerprint density at radius 2 is 1.52 bits per heavy atom. The minimum atomic E-state index is -0.129. The highest BCUT2D eigenvalue weighted by atomic mass is 32.1. The van der Waals surface area contributed by atoms with Gasteiger partial charge in [0.2, 0.25) is 0 Å². The Kier molecular flexibility index (Phi) is 6.62. The summed E-state index contributed by atoms with van der Waals surface area (Å²) in [6, 6.07) is 23.2. The molecular weight excluding hydrogens is 378 g/mol. The molecule has 1 amide bonds. The van der Waals surface area contributed by atoms with Gasteiger partial charge in [-0.2, -0.15) is 0 Å². The lowest BCUT2D eigenvalue weighted by molar-refractivity contribution is 0.102. The van der Waals surface area contributed by atoms with Crippen LogP contribution in [0, 0.1) is 13.8 Å². The second kappa shape index (κ2) is 9.34. The number of benzene rings is 3. The SMILES string of the molecule is Cc1cc(C)cc(NC(=S)NC(C)c2cccc(NC(=O)c3ccccc3)c2)c1. The van der Waals surface area contributed by atoms with E-state index in [-0.39, 0.29) is 11.9 Å². The van der Waals surface area contributed by atoms with E-state index >= 15 is 0 Å². The van der Waals surface area contributed by atoms with Crippen molar-refractivity contribution in [1.82, 2.24) is 5.32 Å². The molecule has 0 saturated carbocycles. The lowest BCUT2D eigenvalue weighted by Gasteiger charge is -2.18. The smallest absolute Gasteiger partial charge is 0.255 e. The van der Waals surface area contributed by atoms with Crippen molar-refractivity contribution in [3.8, 4) is 0 Å². The molecule has 3 N–H and O–H groups in total. The van der Waals surface area contributed by atoms with Crippen LogP contribution in [-0.4, -0.2) is 11.0 Å². The van der Waals surface area contributed by atoms with Crippen LogP contribution in [0.3, 0.4) is 0 Å². The molecule has 1 atom stereocenters. The zero-order chi connectivity index (χ0) is 20.8. The Bertz CT molecular complexity index is 997. The topological polar surface area (TPSA) is 53.2 Å². The normalized spacial score (nSPS) is 11.4. The number of amides is 1. The zero-order valence-corrected chi connectivity index (χ0v) is 17.6. The number of carbonyl (C=O) groups is 1. The first-order valence-electron chi connectivity index (χ1n) is 9.53. The van der Waals surface area contributed by atoms with E-state index in [9.17, 15) is 4.79 Å². The molecule has 0 aliphatic rings. The largest absolute Gasteiger partial charge is 0.356 e. The highest BCUT2D eigenvalue weighted by Gasteiger charge is 2.10. The summed E-state index contributed by atoms with van der Waals surface area (Å²) >= 11 is 5.47. The van der Waals surface area contributed by atoms with Gasteiger partial charge in [-0.25, -0.2) is 0 Å². The number of hydrogen-bond donors (Lipinski definition) is 3. The van der Waals surface area contributed by atoms with E-state index in [0.29, 0.717) is 10.7 Å². The van der Waals surface area contributed by atoms with E-state index in [2.05, 4.69) is 48.0 Å². The van der Waals surface area contributed by atoms with Gasteiger partial charge in [-0.1, -0.05) is 36.4 Å². The van der Waals surface area contributed by atoms with Crippen LogP contribution in [0.25, 0.3) is 0 Å². The Balaban J connectivity index is 1.63. The maximum absolute atomic E-state index is 12.4. The summed E-state index contributed by atoms with van der Waals surface area (Å²) in [6.07, 6.45) is 0. The Morgan fingerprint density at radius 3 is 2.21 bits per heavy atom. The average Bonchev–Trinajstić information content (AvgIpc) is 2.68. The van der Waals surface area contributed by atoms with Gasteiger partial charge in [-0.05, 0) is 86.1 Å². The first kappa shape index (κ1) is 20.6. The molecule has 5 heteroatoms. The van der Waals surface area contributed by atoms with Crippen molar-refractivity contribution in [1.29, 1.82) is 0 Å². The van der Waals surface area contributed by atoms with Crippen molar-refractivity contribution in [2.45, 2.75) is 26.8 Å². The van der Waals surface area contributed by atoms with E-state index in [1.54, 1.807) is 12.1 Å². The first-order valence-corrected chi connectivity index (χ1v) is 9.94. The average molecular weight is 404 g/mol. The van der Waals surface area contributed by atoms with Gasteiger partial charge < -0.3 is 16.0 Å². The molecule has 0 aliphatic heterocycles. The molecule has 0 fully saturated rings. The van der Waals surface area contributed by atoms with E-state index in [0.717, 1.165) is 16.9 Å². The van der Waals surface area contributed by atoms with Crippen LogP contribution in [0.2, 0.25) is 0 Å². The number of anilines is 2. The second-order valence-electron chi connectivity index (χ2n) is 7.14. The van der Waals surface area contributed by atoms with Crippen LogP contribution in [-0.2, 0) is 0 Å². The van der Waals surface area contributed by atoms with Crippen molar-refractivity contribution >= 4 is 34.6 Å². The number of nitrogens with one attached hydrogen (secondary N) is 3. The number of carbonyl (C=O) groups excluding carboxylic acids is 1. The molecule has 3 aromatic rings. The van der Waals surface area contributed by atoms with Crippen molar-refractivity contribution in [2.75, 3.05) is 10.6 Å². The molecular formula is C24H25N3OS. The minimum absolute atomic E-state index is 0.0190. The Hall–Kier alpha value is -3.18. The van der Waals surface area contributed by atoms with Gasteiger partial charge in [0.05, 0.1) is 6.04 Å². The predicted octanol–water partition coefficient (Wildman–Crippen LogP) is 5.60. The summed E-state index contributed by atoms with van der Waals surface area (Å²) in [5, 5.41) is 10.0. The molecule has 0 saturated heterocycles. The summed E-state index contributed by atoms with van der Waals surface area (Å²) in [5.74, 6) is -0.129. The van der Waals surface area contributed by atoms with Gasteiger partial charge in [0, 0.05) is 16.9 Å². The molecule has 0 aromatic heterocycles. The maximum Gasteiger partial charge on any atom is 0.255 e. The minimum Gasteiger partial charge on any atom is -0.356 e. The van der Waals surface area contributed by atoms with E-state index in [1.807, 2.05) is 49.4 Å². The molecule has 3 aromatic carbocycles. The summed E-state index contributed by atoms with van der Waals surface area (Å²) in [5.41, 5.74) is 5.74. The van der Waals surface area contributed by atoms with Crippen LogP contribution in [0.5, 0.6) is 0 Å². The van der Waals surface area contributed by atoms with Crippen molar-refractivity contribution < 1.29 is 4.79 Å². The number of aryl methyl sites for hydroxylation is 2. The lowest BCUT2D eigenvalue weighted by Crippen LogP contribution is -2.31. The fourth-order valence-corrected chi connectivity index (χ4v) is 3.47. The summed E-state index contributed by atoms with van der Waals surface area (Å²) in [6.45, 7) is 6.16. The fourth-order valence-electron chi connectivity index (χ4n) is 3.17. The van der Waals surface area contributed by atoms with Gasteiger partial charge in [-0.3, -0.25) is 4.79 Å². The lowest BCUT2D eigenvalue weighted by atomic mass is 10.1. The highest BCUT2D eigenvalue weighted by Crippen LogP contribution is 2.19. The highest BCUT2D eigenvalue weighted by molar-refractivity contribution is 7.80. The number of thiocarbonyl (C=S) groups is 1. The Labute approximate surface area is 177 Å². The van der Waals surface area contributed by atoms with Crippen molar-refractivity contribution in [3.63, 3.8) is 0 Å². The molecule has 148 valence electrons. The monoisotopic (exact) mass is 403 g/mol. The quantitative estimate of drug-likeness (QED) is 0.485. The van der Waals surface area contributed by atoms with Crippen LogP contribution >= 0.6 is 12.2 Å². The third-order valence-corrected chi connectivity index (χ3v) is 4.73. The summed E-state index contributed by atoms with van der Waals surface area (Å²) in [7, 11) is 0. The second-order valence-corrected chi connectivity index (χ2v) is 7.55. The van der Waals surface area contributed by atoms with Gasteiger partial charge in [0.1, 0.15) is 0 Å². The molecule has 0 heterocycles. The van der Waals surface area contributed by atoms with Crippen molar-refractivity contribution in [3.05, 3.63) is 95.1 Å². The van der Waals surface area contributed by atoms with Crippen LogP contribution in [0.1, 0.15) is 40.0 Å². The molecule has 3 rings (SSSR count). The van der Waals surface area contributed by atoms with Crippen LogP contribution in [0.4, 0.5) is 11.4 Å². The van der Waals surface area contributed by atoms with Gasteiger partial charge in [0.25, 0.3) is 5.91 Å². The molecule has 4 nitrogen and oxygen atoms in total. The van der Waals surface area contributed by atoms with E-state index in [4.69, 9.17) is 12.2 Å². The predicted molar refractivity (Wildman–Crippen MR) is 125 cm³/mol. The summed E-state index contributed by atoms with van der Waals surface area (Å²) in [4.78, 5) is 12.4. The Morgan fingerprint density at radius 1 is 0.828 bits per heavy atom. The third-order valence-electron chi connectivity index (χ3n) is 4.51. The maximum atomic E-state index is 12.4. The van der Waals surface area contributed by atoms with Crippen molar-refractivity contribution in [2.24, 2.45) is 0 Å². The number of hydrogen-bond acceptors (Lipinski definition) is 2. The van der Waals surface area contributed by atoms with Gasteiger partial charge >= 0.3 is 0 Å². The fraction of sp³-hybridized carbons (Fsp3) is 0.167. The molecule has 1 unspecified atom stereocenters. The molecule has 0 radical (unpaired) electrons. The molecule has 0 aliphatic carbocycles. The molecule has 0 bridgehead atoms. The zero-order valence-electron chi connectivity index (χ0n) is 16.8. The standard InChI is InChI=1S/C24H25N3OS/c1-16-12-17(2)14-22(13-16)27-24(29)25-18(3)20-10-7-11-21(15-20)26-23(28)19-8-5-4-6-9-19/h4-15,18H,1-3H3,(H,26,28)(H2,25,27,29). The molecule has 29 heavy (non-hydrogen) atoms. The first-order chi connectivity index (χ1) is 13.9. The van der Waals surface area contributed by atoms with Gasteiger partial charge in [0.15, 0.2) is 5.11 Å². The van der Waals surface area contributed by atoms with E-state index in [1.165, 1.54) is 11.1 Å². The van der Waals surface area contributed by atoms with Crippen LogP contribution < -0.4 is 16.0 Å². The van der Waals surface area contributed by atoms with Gasteiger partial charge in [-0.15, -0.1) is 0 Å². The molecule has 0 spiro atoms. The summed E-state index contributed by atoms with van der Waals surface area (Å²) < 4.78 is 0. The third kappa shape index (κ3) is 5.90. The van der Waals surface area contributed by atoms with Crippen LogP contribution in [0.15, 0.2) is 72.8 Å². The number of rotatable bonds is 5.